The highest BCUT2D eigenvalue weighted by Gasteiger charge is 2.17. The minimum Gasteiger partial charge on any atom is -0.417 e. The van der Waals surface area contributed by atoms with Crippen LogP contribution in [0, 0.1) is 17.5 Å². The van der Waals surface area contributed by atoms with Crippen molar-refractivity contribution in [1.29, 1.82) is 0 Å². The number of carbonyl (C=O) groups is 1. The number of benzene rings is 2. The molecule has 2 nitrogen and oxygen atoms in total. The first-order valence-corrected chi connectivity index (χ1v) is 4.99. The zero-order valence-corrected chi connectivity index (χ0v) is 8.99. The summed E-state index contributed by atoms with van der Waals surface area (Å²) in [7, 11) is 0. The maximum absolute atomic E-state index is 13.2. The van der Waals surface area contributed by atoms with Crippen molar-refractivity contribution < 1.29 is 22.7 Å². The Morgan fingerprint density at radius 1 is 0.944 bits per heavy atom. The van der Waals surface area contributed by atoms with Crippen LogP contribution >= 0.6 is 0 Å². The van der Waals surface area contributed by atoms with Gasteiger partial charge in [0.2, 0.25) is 5.75 Å². The molecule has 0 fully saturated rings. The van der Waals surface area contributed by atoms with Gasteiger partial charge in [-0.05, 0) is 12.1 Å². The van der Waals surface area contributed by atoms with Gasteiger partial charge in [-0.15, -0.1) is 0 Å². The van der Waals surface area contributed by atoms with Gasteiger partial charge in [0.25, 0.3) is 0 Å². The average Bonchev–Trinajstić information content (AvgIpc) is 2.34. The van der Waals surface area contributed by atoms with Crippen LogP contribution < -0.4 is 4.74 Å². The lowest BCUT2D eigenvalue weighted by Gasteiger charge is -2.06. The monoisotopic (exact) mass is 252 g/mol. The van der Waals surface area contributed by atoms with Crippen LogP contribution in [0.2, 0.25) is 0 Å². The number of halogens is 3. The van der Waals surface area contributed by atoms with Crippen LogP contribution in [0.5, 0.6) is 5.75 Å². The fourth-order valence-corrected chi connectivity index (χ4v) is 1.35. The predicted molar refractivity (Wildman–Crippen MR) is 57.7 cm³/mol. The number of hydrogen-bond acceptors (Lipinski definition) is 2. The van der Waals surface area contributed by atoms with Gasteiger partial charge >= 0.3 is 5.97 Å². The quantitative estimate of drug-likeness (QED) is 0.605. The van der Waals surface area contributed by atoms with Gasteiger partial charge < -0.3 is 4.74 Å². The molecule has 0 aliphatic rings. The molecule has 0 bridgehead atoms. The summed E-state index contributed by atoms with van der Waals surface area (Å²) >= 11 is 0. The summed E-state index contributed by atoms with van der Waals surface area (Å²) < 4.78 is 43.7. The number of carbonyl (C=O) groups excluding carboxylic acids is 1. The van der Waals surface area contributed by atoms with Crippen molar-refractivity contribution in [2.75, 3.05) is 0 Å². The van der Waals surface area contributed by atoms with Gasteiger partial charge in [-0.25, -0.2) is 18.0 Å². The highest BCUT2D eigenvalue weighted by atomic mass is 19.1. The third-order valence-electron chi connectivity index (χ3n) is 2.17. The molecule has 18 heavy (non-hydrogen) atoms. The minimum absolute atomic E-state index is 0.139. The van der Waals surface area contributed by atoms with E-state index in [1.807, 2.05) is 0 Å². The van der Waals surface area contributed by atoms with E-state index in [9.17, 15) is 18.0 Å². The van der Waals surface area contributed by atoms with Crippen LogP contribution in [0.25, 0.3) is 0 Å². The van der Waals surface area contributed by atoms with Gasteiger partial charge in [0, 0.05) is 12.1 Å². The van der Waals surface area contributed by atoms with Crippen molar-refractivity contribution in [2.24, 2.45) is 0 Å². The Labute approximate surface area is 101 Å². The zero-order chi connectivity index (χ0) is 13.1. The van der Waals surface area contributed by atoms with Crippen LogP contribution in [0.3, 0.4) is 0 Å². The molecule has 0 saturated heterocycles. The lowest BCUT2D eigenvalue weighted by molar-refractivity contribution is 0.0719. The maximum Gasteiger partial charge on any atom is 0.343 e. The van der Waals surface area contributed by atoms with E-state index in [-0.39, 0.29) is 5.56 Å². The second-order valence-electron chi connectivity index (χ2n) is 3.45. The molecule has 0 spiro atoms. The van der Waals surface area contributed by atoms with Crippen molar-refractivity contribution >= 4 is 5.97 Å². The molecule has 92 valence electrons. The Morgan fingerprint density at radius 3 is 2.06 bits per heavy atom. The summed E-state index contributed by atoms with van der Waals surface area (Å²) in [6, 6.07) is 8.58. The molecule has 5 heteroatoms. The van der Waals surface area contributed by atoms with Crippen molar-refractivity contribution in [3.63, 3.8) is 0 Å². The molecule has 0 heterocycles. The van der Waals surface area contributed by atoms with E-state index >= 15 is 0 Å². The highest BCUT2D eigenvalue weighted by Crippen LogP contribution is 2.23. The molecule has 0 radical (unpaired) electrons. The normalized spacial score (nSPS) is 10.2. The van der Waals surface area contributed by atoms with E-state index in [1.165, 1.54) is 12.1 Å². The SMILES string of the molecule is O=C(Oc1c(F)cc(F)cc1F)c1ccccc1. The van der Waals surface area contributed by atoms with Gasteiger partial charge in [-0.1, -0.05) is 18.2 Å². The van der Waals surface area contributed by atoms with Crippen molar-refractivity contribution in [3.8, 4) is 5.75 Å². The van der Waals surface area contributed by atoms with E-state index in [1.54, 1.807) is 18.2 Å². The molecule has 0 aliphatic heterocycles. The Kier molecular flexibility index (Phi) is 3.32. The maximum atomic E-state index is 13.2. The zero-order valence-electron chi connectivity index (χ0n) is 8.99. The largest absolute Gasteiger partial charge is 0.417 e. The molecule has 0 unspecified atom stereocenters. The van der Waals surface area contributed by atoms with Crippen LogP contribution in [0.1, 0.15) is 10.4 Å². The molecular formula is C13H7F3O2. The molecule has 0 N–H and O–H groups in total. The lowest BCUT2D eigenvalue weighted by atomic mass is 10.2. The van der Waals surface area contributed by atoms with Crippen molar-refractivity contribution in [2.45, 2.75) is 0 Å². The predicted octanol–water partition coefficient (Wildman–Crippen LogP) is 3.32. The average molecular weight is 252 g/mol. The molecule has 2 aromatic carbocycles. The standard InChI is InChI=1S/C13H7F3O2/c14-9-6-10(15)12(11(16)7-9)18-13(17)8-4-2-1-3-5-8/h1-7H. The molecule has 2 rings (SSSR count). The van der Waals surface area contributed by atoms with Crippen LogP contribution in [0.4, 0.5) is 13.2 Å². The number of esters is 1. The van der Waals surface area contributed by atoms with E-state index in [4.69, 9.17) is 0 Å². The van der Waals surface area contributed by atoms with Gasteiger partial charge in [0.05, 0.1) is 5.56 Å². The first kappa shape index (κ1) is 12.2. The molecule has 0 aromatic heterocycles. The Balaban J connectivity index is 2.28. The second kappa shape index (κ2) is 4.91. The van der Waals surface area contributed by atoms with E-state index < -0.39 is 29.2 Å². The van der Waals surface area contributed by atoms with Gasteiger partial charge in [-0.3, -0.25) is 0 Å². The fourth-order valence-electron chi connectivity index (χ4n) is 1.35. The molecule has 0 atom stereocenters. The van der Waals surface area contributed by atoms with Gasteiger partial charge in [0.15, 0.2) is 11.6 Å². The van der Waals surface area contributed by atoms with Crippen LogP contribution in [0.15, 0.2) is 42.5 Å². The Morgan fingerprint density at radius 2 is 1.50 bits per heavy atom. The van der Waals surface area contributed by atoms with Crippen LogP contribution in [-0.4, -0.2) is 5.97 Å². The fraction of sp³-hybridized carbons (Fsp3) is 0. The smallest absolute Gasteiger partial charge is 0.343 e. The topological polar surface area (TPSA) is 26.3 Å². The third kappa shape index (κ3) is 2.51. The molecule has 0 amide bonds. The Hall–Kier alpha value is -2.30. The van der Waals surface area contributed by atoms with E-state index in [2.05, 4.69) is 4.74 Å². The van der Waals surface area contributed by atoms with Crippen molar-refractivity contribution in [1.82, 2.24) is 0 Å². The van der Waals surface area contributed by atoms with Gasteiger partial charge in [0.1, 0.15) is 5.82 Å². The number of rotatable bonds is 2. The summed E-state index contributed by atoms with van der Waals surface area (Å²) in [5, 5.41) is 0. The lowest BCUT2D eigenvalue weighted by Crippen LogP contribution is -2.10. The first-order valence-electron chi connectivity index (χ1n) is 4.99. The summed E-state index contributed by atoms with van der Waals surface area (Å²) in [4.78, 5) is 11.6. The molecule has 0 saturated carbocycles. The third-order valence-corrected chi connectivity index (χ3v) is 2.17. The molecule has 0 aliphatic carbocycles. The molecule has 2 aromatic rings. The summed E-state index contributed by atoms with van der Waals surface area (Å²) in [5.41, 5.74) is 0.139. The van der Waals surface area contributed by atoms with Crippen molar-refractivity contribution in [3.05, 3.63) is 65.5 Å². The van der Waals surface area contributed by atoms with E-state index in [0.717, 1.165) is 0 Å². The number of hydrogen-bond donors (Lipinski definition) is 0. The molecular weight excluding hydrogens is 245 g/mol. The number of ether oxygens (including phenoxy) is 1. The summed E-state index contributed by atoms with van der Waals surface area (Å²) in [6.45, 7) is 0. The Bertz CT molecular complexity index is 559. The first-order chi connectivity index (χ1) is 8.58. The van der Waals surface area contributed by atoms with Crippen LogP contribution in [-0.2, 0) is 0 Å². The van der Waals surface area contributed by atoms with Gasteiger partial charge in [-0.2, -0.15) is 0 Å². The second-order valence-corrected chi connectivity index (χ2v) is 3.45. The highest BCUT2D eigenvalue weighted by molar-refractivity contribution is 5.91. The summed E-state index contributed by atoms with van der Waals surface area (Å²) in [6.07, 6.45) is 0. The van der Waals surface area contributed by atoms with E-state index in [0.29, 0.717) is 12.1 Å². The summed E-state index contributed by atoms with van der Waals surface area (Å²) in [5.74, 6) is -5.44. The minimum atomic E-state index is -1.27.